The molecule has 0 rings (SSSR count). The lowest BCUT2D eigenvalue weighted by Gasteiger charge is -1.99. The van der Waals surface area contributed by atoms with Crippen LogP contribution in [0.4, 0.5) is 4.48 Å². The molecule has 0 atom stereocenters. The number of hydrogen-bond acceptors (Lipinski definition) is 1. The average molecular weight is 191 g/mol. The summed E-state index contributed by atoms with van der Waals surface area (Å²) in [4.78, 5) is 0. The second kappa shape index (κ2) is 17.6. The fourth-order valence-corrected chi connectivity index (χ4v) is 0.426. The van der Waals surface area contributed by atoms with Crippen LogP contribution in [0.1, 0.15) is 48.0 Å². The topological polar surface area (TPSA) is 3.24 Å². The number of allylic oxidation sites excluding steroid dienone is 1. The Balaban J connectivity index is -0.000000218. The second-order valence-corrected chi connectivity index (χ2v) is 2.19. The molecule has 0 amide bonds. The molecule has 0 saturated carbocycles. The SMILES string of the molecule is CC.CC.CC/C(C)=C\CN(C)F. The van der Waals surface area contributed by atoms with Crippen LogP contribution in [-0.4, -0.2) is 18.7 Å². The molecular weight excluding hydrogens is 165 g/mol. The summed E-state index contributed by atoms with van der Waals surface area (Å²) in [5.41, 5.74) is 1.24. The van der Waals surface area contributed by atoms with Crippen LogP contribution in [0.15, 0.2) is 11.6 Å². The smallest absolute Gasteiger partial charge is 0.0470 e. The van der Waals surface area contributed by atoms with Crippen molar-refractivity contribution in [1.82, 2.24) is 5.12 Å². The molecule has 2 heteroatoms. The van der Waals surface area contributed by atoms with Gasteiger partial charge in [0.1, 0.15) is 0 Å². The molecule has 1 nitrogen and oxygen atoms in total. The normalized spacial score (nSPS) is 9.77. The molecule has 13 heavy (non-hydrogen) atoms. The van der Waals surface area contributed by atoms with Gasteiger partial charge in [0.2, 0.25) is 0 Å². The Morgan fingerprint density at radius 1 is 1.23 bits per heavy atom. The van der Waals surface area contributed by atoms with Crippen molar-refractivity contribution in [2.75, 3.05) is 13.6 Å². The van der Waals surface area contributed by atoms with Gasteiger partial charge in [-0.1, -0.05) is 46.3 Å². The van der Waals surface area contributed by atoms with Gasteiger partial charge in [-0.25, -0.2) is 0 Å². The Hall–Kier alpha value is -0.370. The Labute approximate surface area is 83.6 Å². The van der Waals surface area contributed by atoms with Crippen molar-refractivity contribution < 1.29 is 4.48 Å². The van der Waals surface area contributed by atoms with Gasteiger partial charge in [0.05, 0.1) is 0 Å². The van der Waals surface area contributed by atoms with Crippen LogP contribution < -0.4 is 0 Å². The van der Waals surface area contributed by atoms with Gasteiger partial charge in [-0.2, -0.15) is 0 Å². The number of rotatable bonds is 3. The van der Waals surface area contributed by atoms with Gasteiger partial charge in [-0.05, 0) is 13.3 Å². The van der Waals surface area contributed by atoms with E-state index in [0.717, 1.165) is 6.42 Å². The Morgan fingerprint density at radius 2 is 1.62 bits per heavy atom. The fraction of sp³-hybridized carbons (Fsp3) is 0.818. The second-order valence-electron chi connectivity index (χ2n) is 2.19. The molecule has 0 spiro atoms. The maximum atomic E-state index is 12.0. The third-order valence-corrected chi connectivity index (χ3v) is 1.25. The van der Waals surface area contributed by atoms with Gasteiger partial charge in [0, 0.05) is 13.6 Å². The van der Waals surface area contributed by atoms with Crippen LogP contribution >= 0.6 is 0 Å². The predicted octanol–water partition coefficient (Wildman–Crippen LogP) is 4.21. The predicted molar refractivity (Wildman–Crippen MR) is 60.5 cm³/mol. The lowest BCUT2D eigenvalue weighted by atomic mass is 10.2. The number of likely N-dealkylation sites (N-methyl/N-ethyl adjacent to an activating group) is 1. The Morgan fingerprint density at radius 3 is 1.85 bits per heavy atom. The highest BCUT2D eigenvalue weighted by Crippen LogP contribution is 1.97. The first-order valence-corrected chi connectivity index (χ1v) is 5.19. The maximum Gasteiger partial charge on any atom is 0.0470 e. The molecule has 0 unspecified atom stereocenters. The zero-order valence-corrected chi connectivity index (χ0v) is 10.3. The van der Waals surface area contributed by atoms with Crippen LogP contribution in [0.5, 0.6) is 0 Å². The molecule has 0 aromatic heterocycles. The van der Waals surface area contributed by atoms with Crippen molar-refractivity contribution in [3.63, 3.8) is 0 Å². The summed E-state index contributed by atoms with van der Waals surface area (Å²) < 4.78 is 12.0. The fourth-order valence-electron chi connectivity index (χ4n) is 0.426. The Kier molecular flexibility index (Phi) is 25.0. The highest BCUT2D eigenvalue weighted by Gasteiger charge is 1.88. The van der Waals surface area contributed by atoms with Crippen molar-refractivity contribution in [2.24, 2.45) is 0 Å². The summed E-state index contributed by atoms with van der Waals surface area (Å²) in [5, 5.41) is 0.666. The minimum atomic E-state index is 0.402. The summed E-state index contributed by atoms with van der Waals surface area (Å²) in [6.07, 6.45) is 2.90. The molecule has 0 aromatic rings. The molecule has 0 fully saturated rings. The lowest BCUT2D eigenvalue weighted by molar-refractivity contribution is 0.0760. The first-order valence-electron chi connectivity index (χ1n) is 5.19. The van der Waals surface area contributed by atoms with E-state index < -0.39 is 0 Å². The van der Waals surface area contributed by atoms with E-state index in [0.29, 0.717) is 11.7 Å². The van der Waals surface area contributed by atoms with Crippen LogP contribution in [-0.2, 0) is 0 Å². The van der Waals surface area contributed by atoms with Crippen molar-refractivity contribution in [2.45, 2.75) is 48.0 Å². The largest absolute Gasteiger partial charge is 0.146 e. The summed E-state index contributed by atoms with van der Waals surface area (Å²) in [6.45, 7) is 12.5. The molecule has 0 N–H and O–H groups in total. The average Bonchev–Trinajstić information content (AvgIpc) is 2.20. The van der Waals surface area contributed by atoms with Gasteiger partial charge < -0.3 is 0 Å². The quantitative estimate of drug-likeness (QED) is 0.477. The van der Waals surface area contributed by atoms with E-state index in [1.807, 2.05) is 40.7 Å². The van der Waals surface area contributed by atoms with Crippen molar-refractivity contribution >= 4 is 0 Å². The van der Waals surface area contributed by atoms with E-state index >= 15 is 0 Å². The minimum absolute atomic E-state index is 0.402. The van der Waals surface area contributed by atoms with Crippen molar-refractivity contribution in [3.05, 3.63) is 11.6 Å². The summed E-state index contributed by atoms with van der Waals surface area (Å²) in [6, 6.07) is 0. The zero-order valence-electron chi connectivity index (χ0n) is 10.3. The molecule has 0 heterocycles. The van der Waals surface area contributed by atoms with E-state index in [9.17, 15) is 4.48 Å². The van der Waals surface area contributed by atoms with E-state index in [2.05, 4.69) is 6.92 Å². The first kappa shape index (κ1) is 18.4. The third kappa shape index (κ3) is 24.5. The van der Waals surface area contributed by atoms with E-state index in [-0.39, 0.29) is 0 Å². The molecule has 0 aliphatic carbocycles. The van der Waals surface area contributed by atoms with Crippen molar-refractivity contribution in [3.8, 4) is 0 Å². The molecule has 82 valence electrons. The molecule has 0 bridgehead atoms. The minimum Gasteiger partial charge on any atom is -0.146 e. The Bertz CT molecular complexity index is 98.3. The maximum absolute atomic E-state index is 12.0. The standard InChI is InChI=1S/C7H14FN.2C2H6/c1-4-7(2)5-6-9(3)8;2*1-2/h5H,4,6H2,1-3H3;2*1-2H3/b7-5-;;. The molecule has 0 aromatic carbocycles. The summed E-state index contributed by atoms with van der Waals surface area (Å²) in [5.74, 6) is 0. The van der Waals surface area contributed by atoms with E-state index in [4.69, 9.17) is 0 Å². The monoisotopic (exact) mass is 191 g/mol. The highest BCUT2D eigenvalue weighted by molar-refractivity contribution is 4.97. The summed E-state index contributed by atoms with van der Waals surface area (Å²) >= 11 is 0. The van der Waals surface area contributed by atoms with E-state index in [1.54, 1.807) is 0 Å². The van der Waals surface area contributed by atoms with Crippen LogP contribution in [0.3, 0.4) is 0 Å². The van der Waals surface area contributed by atoms with Gasteiger partial charge in [0.15, 0.2) is 0 Å². The van der Waals surface area contributed by atoms with Crippen molar-refractivity contribution in [1.29, 1.82) is 0 Å². The number of nitrogens with zero attached hydrogens (tertiary/aromatic N) is 1. The lowest BCUT2D eigenvalue weighted by Crippen LogP contribution is -2.05. The number of hydrogen-bond donors (Lipinski definition) is 0. The van der Waals surface area contributed by atoms with Gasteiger partial charge in [0.25, 0.3) is 0 Å². The van der Waals surface area contributed by atoms with Crippen LogP contribution in [0, 0.1) is 0 Å². The molecule has 0 saturated heterocycles. The molecule has 0 radical (unpaired) electrons. The zero-order chi connectivity index (χ0) is 11.3. The molecular formula is C11H26FN. The summed E-state index contributed by atoms with van der Waals surface area (Å²) in [7, 11) is 1.42. The highest BCUT2D eigenvalue weighted by atomic mass is 19.2. The van der Waals surface area contributed by atoms with Gasteiger partial charge >= 0.3 is 0 Å². The van der Waals surface area contributed by atoms with Gasteiger partial charge in [-0.3, -0.25) is 0 Å². The van der Waals surface area contributed by atoms with Gasteiger partial charge in [-0.15, -0.1) is 9.60 Å². The van der Waals surface area contributed by atoms with Crippen LogP contribution in [0.25, 0.3) is 0 Å². The molecule has 0 aliphatic rings. The molecule has 0 aliphatic heterocycles. The third-order valence-electron chi connectivity index (χ3n) is 1.25. The number of halogens is 1. The van der Waals surface area contributed by atoms with Crippen LogP contribution in [0.2, 0.25) is 0 Å². The van der Waals surface area contributed by atoms with E-state index in [1.165, 1.54) is 12.6 Å². The first-order chi connectivity index (χ1) is 6.16.